The van der Waals surface area contributed by atoms with Crippen LogP contribution in [0.15, 0.2) is 29.3 Å². The number of benzene rings is 1. The van der Waals surface area contributed by atoms with Crippen LogP contribution >= 0.6 is 11.6 Å². The van der Waals surface area contributed by atoms with E-state index in [1.54, 1.807) is 0 Å². The third kappa shape index (κ3) is 4.97. The first-order chi connectivity index (χ1) is 12.8. The molecule has 0 amide bonds. The maximum atomic E-state index is 6.21. The Labute approximate surface area is 160 Å². The predicted molar refractivity (Wildman–Crippen MR) is 106 cm³/mol. The van der Waals surface area contributed by atoms with Gasteiger partial charge >= 0.3 is 0 Å². The van der Waals surface area contributed by atoms with Gasteiger partial charge in [-0.2, -0.15) is 0 Å². The molecule has 0 unspecified atom stereocenters. The van der Waals surface area contributed by atoms with E-state index >= 15 is 0 Å². The number of aromatic nitrogens is 3. The van der Waals surface area contributed by atoms with Crippen molar-refractivity contribution >= 4 is 17.6 Å². The van der Waals surface area contributed by atoms with Gasteiger partial charge in [-0.1, -0.05) is 36.2 Å². The van der Waals surface area contributed by atoms with Crippen molar-refractivity contribution in [1.29, 1.82) is 0 Å². The van der Waals surface area contributed by atoms with Crippen LogP contribution in [0.5, 0.6) is 0 Å². The van der Waals surface area contributed by atoms with Gasteiger partial charge in [-0.05, 0) is 31.4 Å². The molecule has 2 aromatic rings. The summed E-state index contributed by atoms with van der Waals surface area (Å²) in [6.07, 6.45) is 5.59. The van der Waals surface area contributed by atoms with E-state index in [-0.39, 0.29) is 0 Å². The van der Waals surface area contributed by atoms with Gasteiger partial charge in [0, 0.05) is 37.5 Å². The maximum absolute atomic E-state index is 6.21. The second-order valence-electron chi connectivity index (χ2n) is 6.46. The van der Waals surface area contributed by atoms with Gasteiger partial charge in [0.15, 0.2) is 5.96 Å². The molecule has 0 radical (unpaired) electrons. The van der Waals surface area contributed by atoms with Gasteiger partial charge in [-0.3, -0.25) is 0 Å². The monoisotopic (exact) mass is 374 g/mol. The number of aryl methyl sites for hydroxylation is 1. The minimum absolute atomic E-state index is 0.551. The van der Waals surface area contributed by atoms with E-state index in [4.69, 9.17) is 11.6 Å². The molecule has 1 aliphatic rings. The second kappa shape index (κ2) is 9.57. The second-order valence-corrected chi connectivity index (χ2v) is 6.87. The number of nitrogens with zero attached hydrogens (tertiary/aromatic N) is 4. The van der Waals surface area contributed by atoms with Crippen molar-refractivity contribution in [1.82, 2.24) is 25.4 Å². The molecule has 2 N–H and O–H groups in total. The molecule has 0 spiro atoms. The molecule has 0 saturated carbocycles. The van der Waals surface area contributed by atoms with E-state index in [2.05, 4.69) is 37.3 Å². The van der Waals surface area contributed by atoms with E-state index in [9.17, 15) is 0 Å². The molecule has 2 heterocycles. The van der Waals surface area contributed by atoms with Crippen LogP contribution in [0.25, 0.3) is 0 Å². The summed E-state index contributed by atoms with van der Waals surface area (Å²) in [5.74, 6) is 3.00. The summed E-state index contributed by atoms with van der Waals surface area (Å²) in [4.78, 5) is 4.63. The van der Waals surface area contributed by atoms with Crippen molar-refractivity contribution in [3.8, 4) is 0 Å². The Morgan fingerprint density at radius 2 is 2.08 bits per heavy atom. The molecule has 0 saturated heterocycles. The minimum Gasteiger partial charge on any atom is -0.357 e. The summed E-state index contributed by atoms with van der Waals surface area (Å²) in [7, 11) is 0. The number of halogens is 1. The average molecular weight is 375 g/mol. The Hall–Kier alpha value is -2.08. The smallest absolute Gasteiger partial charge is 0.191 e. The van der Waals surface area contributed by atoms with Crippen LogP contribution in [-0.2, 0) is 25.9 Å². The first kappa shape index (κ1) is 18.7. The van der Waals surface area contributed by atoms with Gasteiger partial charge in [0.05, 0.1) is 6.54 Å². The molecule has 0 aliphatic carbocycles. The zero-order chi connectivity index (χ0) is 18.2. The highest BCUT2D eigenvalue weighted by Crippen LogP contribution is 2.16. The molecular weight excluding hydrogens is 348 g/mol. The summed E-state index contributed by atoms with van der Waals surface area (Å²) in [6.45, 7) is 5.24. The first-order valence-corrected chi connectivity index (χ1v) is 9.82. The molecule has 1 aromatic carbocycles. The topological polar surface area (TPSA) is 67.1 Å². The number of guanidine groups is 1. The lowest BCUT2D eigenvalue weighted by Crippen LogP contribution is -2.38. The van der Waals surface area contributed by atoms with Crippen molar-refractivity contribution in [3.63, 3.8) is 0 Å². The van der Waals surface area contributed by atoms with Gasteiger partial charge in [0.2, 0.25) is 0 Å². The molecule has 140 valence electrons. The highest BCUT2D eigenvalue weighted by molar-refractivity contribution is 6.31. The van der Waals surface area contributed by atoms with E-state index < -0.39 is 0 Å². The van der Waals surface area contributed by atoms with E-state index in [0.29, 0.717) is 6.54 Å². The van der Waals surface area contributed by atoms with Gasteiger partial charge in [0.1, 0.15) is 11.6 Å². The fourth-order valence-electron chi connectivity index (χ4n) is 3.16. The van der Waals surface area contributed by atoms with Crippen molar-refractivity contribution in [2.75, 3.05) is 13.1 Å². The Kier molecular flexibility index (Phi) is 6.89. The Morgan fingerprint density at radius 3 is 2.92 bits per heavy atom. The van der Waals surface area contributed by atoms with Crippen LogP contribution in [0.2, 0.25) is 5.02 Å². The zero-order valence-corrected chi connectivity index (χ0v) is 16.1. The van der Waals surface area contributed by atoms with Crippen LogP contribution < -0.4 is 10.6 Å². The lowest BCUT2D eigenvalue weighted by atomic mass is 10.2. The molecule has 0 bridgehead atoms. The summed E-state index contributed by atoms with van der Waals surface area (Å²) in [5, 5.41) is 16.2. The predicted octanol–water partition coefficient (Wildman–Crippen LogP) is 2.96. The number of hydrogen-bond acceptors (Lipinski definition) is 3. The Morgan fingerprint density at radius 1 is 1.19 bits per heavy atom. The van der Waals surface area contributed by atoms with Crippen LogP contribution in [0, 0.1) is 0 Å². The van der Waals surface area contributed by atoms with Crippen molar-refractivity contribution in [2.24, 2.45) is 4.99 Å². The summed E-state index contributed by atoms with van der Waals surface area (Å²) in [5.41, 5.74) is 1.02. The maximum Gasteiger partial charge on any atom is 0.191 e. The SMILES string of the molecule is CCNC(=NCc1ccccc1Cl)NCCc1nnc2n1CCCCC2. The van der Waals surface area contributed by atoms with E-state index in [1.165, 1.54) is 19.3 Å². The van der Waals surface area contributed by atoms with Gasteiger partial charge < -0.3 is 15.2 Å². The number of hydrogen-bond donors (Lipinski definition) is 2. The Balaban J connectivity index is 1.56. The molecule has 26 heavy (non-hydrogen) atoms. The Bertz CT molecular complexity index is 739. The van der Waals surface area contributed by atoms with Crippen LogP contribution in [0.3, 0.4) is 0 Å². The van der Waals surface area contributed by atoms with Crippen LogP contribution in [0.1, 0.15) is 43.4 Å². The number of aliphatic imine (C=N–C) groups is 1. The lowest BCUT2D eigenvalue weighted by molar-refractivity contribution is 0.600. The number of fused-ring (bicyclic) bond motifs is 1. The van der Waals surface area contributed by atoms with Gasteiger partial charge in [0.25, 0.3) is 0 Å². The molecule has 6 nitrogen and oxygen atoms in total. The summed E-state index contributed by atoms with van der Waals surface area (Å²) < 4.78 is 2.29. The van der Waals surface area contributed by atoms with Gasteiger partial charge in [-0.25, -0.2) is 4.99 Å². The quantitative estimate of drug-likeness (QED) is 0.602. The van der Waals surface area contributed by atoms with Crippen molar-refractivity contribution < 1.29 is 0 Å². The average Bonchev–Trinajstić information content (AvgIpc) is 2.87. The molecule has 0 atom stereocenters. The summed E-state index contributed by atoms with van der Waals surface area (Å²) >= 11 is 6.21. The molecular formula is C19H27ClN6. The fourth-order valence-corrected chi connectivity index (χ4v) is 3.35. The lowest BCUT2D eigenvalue weighted by Gasteiger charge is -2.12. The third-order valence-corrected chi connectivity index (χ3v) is 4.91. The molecule has 7 heteroatoms. The standard InChI is InChI=1S/C19H27ClN6/c1-2-21-19(23-14-15-8-5-6-9-16(15)20)22-12-11-18-25-24-17-10-4-3-7-13-26(17)18/h5-6,8-9H,2-4,7,10-14H2,1H3,(H2,21,22,23). The van der Waals surface area contributed by atoms with Crippen molar-refractivity contribution in [3.05, 3.63) is 46.5 Å². The molecule has 0 fully saturated rings. The molecule has 1 aliphatic heterocycles. The molecule has 3 rings (SSSR count). The largest absolute Gasteiger partial charge is 0.357 e. The first-order valence-electron chi connectivity index (χ1n) is 9.44. The number of nitrogens with one attached hydrogen (secondary N) is 2. The highest BCUT2D eigenvalue weighted by atomic mass is 35.5. The third-order valence-electron chi connectivity index (χ3n) is 4.54. The minimum atomic E-state index is 0.551. The summed E-state index contributed by atoms with van der Waals surface area (Å²) in [6, 6.07) is 7.80. The highest BCUT2D eigenvalue weighted by Gasteiger charge is 2.14. The normalized spacial score (nSPS) is 14.6. The number of rotatable bonds is 6. The van der Waals surface area contributed by atoms with E-state index in [0.717, 1.165) is 60.7 Å². The van der Waals surface area contributed by atoms with E-state index in [1.807, 2.05) is 24.3 Å². The van der Waals surface area contributed by atoms with Crippen molar-refractivity contribution in [2.45, 2.75) is 52.1 Å². The van der Waals surface area contributed by atoms with Gasteiger partial charge in [-0.15, -0.1) is 10.2 Å². The zero-order valence-electron chi connectivity index (χ0n) is 15.3. The van der Waals surface area contributed by atoms with Crippen LogP contribution in [0.4, 0.5) is 0 Å². The fraction of sp³-hybridized carbons (Fsp3) is 0.526. The van der Waals surface area contributed by atoms with Crippen LogP contribution in [-0.4, -0.2) is 33.8 Å². The molecule has 1 aromatic heterocycles.